The second kappa shape index (κ2) is 6.83. The average Bonchev–Trinajstić information content (AvgIpc) is 2.96. The lowest BCUT2D eigenvalue weighted by atomic mass is 10.1. The summed E-state index contributed by atoms with van der Waals surface area (Å²) < 4.78 is 6.87. The molecule has 0 aliphatic rings. The zero-order valence-corrected chi connectivity index (χ0v) is 12.2. The average molecular weight is 286 g/mol. The van der Waals surface area contributed by atoms with Crippen molar-refractivity contribution >= 4 is 11.8 Å². The molecule has 1 atom stereocenters. The van der Waals surface area contributed by atoms with Crippen LogP contribution in [0.1, 0.15) is 42.4 Å². The first-order chi connectivity index (χ1) is 10.1. The summed E-state index contributed by atoms with van der Waals surface area (Å²) >= 11 is 0. The first-order valence-electron chi connectivity index (χ1n) is 6.83. The van der Waals surface area contributed by atoms with Gasteiger partial charge in [0.15, 0.2) is 0 Å². The smallest absolute Gasteiger partial charge is 0.356 e. The van der Waals surface area contributed by atoms with E-state index in [1.54, 1.807) is 10.9 Å². The zero-order chi connectivity index (χ0) is 15.2. The predicted molar refractivity (Wildman–Crippen MR) is 78.1 cm³/mol. The lowest BCUT2D eigenvalue weighted by Crippen LogP contribution is -2.16. The SMILES string of the molecule is CC(=O)CCOC(=O)c1cncn1[C@H](C)c1ccccc1. The second-order valence-corrected chi connectivity index (χ2v) is 4.86. The lowest BCUT2D eigenvalue weighted by Gasteiger charge is -2.16. The number of carbonyl (C=O) groups excluding carboxylic acids is 2. The fraction of sp³-hybridized carbons (Fsp3) is 0.312. The van der Waals surface area contributed by atoms with Crippen LogP contribution in [0.4, 0.5) is 0 Å². The monoisotopic (exact) mass is 286 g/mol. The summed E-state index contributed by atoms with van der Waals surface area (Å²) in [6, 6.07) is 9.82. The van der Waals surface area contributed by atoms with E-state index < -0.39 is 5.97 Å². The van der Waals surface area contributed by atoms with Gasteiger partial charge in [0.05, 0.1) is 25.2 Å². The Balaban J connectivity index is 2.11. The maximum atomic E-state index is 12.0. The number of carbonyl (C=O) groups is 2. The van der Waals surface area contributed by atoms with Gasteiger partial charge in [-0.1, -0.05) is 30.3 Å². The highest BCUT2D eigenvalue weighted by atomic mass is 16.5. The maximum Gasteiger partial charge on any atom is 0.356 e. The molecule has 0 saturated carbocycles. The first-order valence-corrected chi connectivity index (χ1v) is 6.83. The third-order valence-corrected chi connectivity index (χ3v) is 3.26. The minimum Gasteiger partial charge on any atom is -0.461 e. The summed E-state index contributed by atoms with van der Waals surface area (Å²) in [6.07, 6.45) is 3.32. The molecule has 2 aromatic rings. The molecular formula is C16H18N2O3. The van der Waals surface area contributed by atoms with E-state index in [-0.39, 0.29) is 24.9 Å². The quantitative estimate of drug-likeness (QED) is 0.766. The van der Waals surface area contributed by atoms with Gasteiger partial charge < -0.3 is 9.30 Å². The fourth-order valence-electron chi connectivity index (χ4n) is 2.02. The van der Waals surface area contributed by atoms with Gasteiger partial charge in [0.1, 0.15) is 11.5 Å². The molecular weight excluding hydrogens is 268 g/mol. The van der Waals surface area contributed by atoms with Gasteiger partial charge in [-0.15, -0.1) is 0 Å². The minimum absolute atomic E-state index is 0.00559. The second-order valence-electron chi connectivity index (χ2n) is 4.86. The summed E-state index contributed by atoms with van der Waals surface area (Å²) in [5.41, 5.74) is 1.46. The highest BCUT2D eigenvalue weighted by Crippen LogP contribution is 2.19. The zero-order valence-electron chi connectivity index (χ0n) is 12.2. The molecule has 0 radical (unpaired) electrons. The lowest BCUT2D eigenvalue weighted by molar-refractivity contribution is -0.117. The predicted octanol–water partition coefficient (Wildman–Crippen LogP) is 2.63. The van der Waals surface area contributed by atoms with E-state index in [0.717, 1.165) is 5.56 Å². The number of benzene rings is 1. The van der Waals surface area contributed by atoms with Crippen LogP contribution in [0.5, 0.6) is 0 Å². The van der Waals surface area contributed by atoms with Gasteiger partial charge in [0.25, 0.3) is 0 Å². The molecule has 2 rings (SSSR count). The Labute approximate surface area is 123 Å². The number of nitrogens with zero attached hydrogens (tertiary/aromatic N) is 2. The maximum absolute atomic E-state index is 12.0. The first kappa shape index (κ1) is 15.0. The van der Waals surface area contributed by atoms with Crippen molar-refractivity contribution in [1.29, 1.82) is 0 Å². The standard InChI is InChI=1S/C16H18N2O3/c1-12(19)8-9-21-16(20)15-10-17-11-18(15)13(2)14-6-4-3-5-7-14/h3-7,10-11,13H,8-9H2,1-2H3/t13-/m1/s1. The van der Waals surface area contributed by atoms with Gasteiger partial charge in [0, 0.05) is 6.42 Å². The molecule has 5 nitrogen and oxygen atoms in total. The summed E-state index contributed by atoms with van der Waals surface area (Å²) in [5.74, 6) is -0.467. The molecule has 0 fully saturated rings. The molecule has 0 saturated heterocycles. The number of esters is 1. The van der Waals surface area contributed by atoms with Crippen molar-refractivity contribution in [2.45, 2.75) is 26.3 Å². The van der Waals surface area contributed by atoms with Crippen molar-refractivity contribution in [2.75, 3.05) is 6.61 Å². The fourth-order valence-corrected chi connectivity index (χ4v) is 2.02. The van der Waals surface area contributed by atoms with Crippen LogP contribution in [0.3, 0.4) is 0 Å². The van der Waals surface area contributed by atoms with Gasteiger partial charge in [-0.2, -0.15) is 0 Å². The third-order valence-electron chi connectivity index (χ3n) is 3.26. The molecule has 110 valence electrons. The number of Topliss-reactive ketones (excluding diaryl/α,β-unsaturated/α-hetero) is 1. The van der Waals surface area contributed by atoms with E-state index >= 15 is 0 Å². The molecule has 1 aromatic carbocycles. The highest BCUT2D eigenvalue weighted by molar-refractivity contribution is 5.87. The van der Waals surface area contributed by atoms with Crippen LogP contribution in [-0.2, 0) is 9.53 Å². The Kier molecular flexibility index (Phi) is 4.87. The normalized spacial score (nSPS) is 11.9. The van der Waals surface area contributed by atoms with Crippen molar-refractivity contribution in [3.63, 3.8) is 0 Å². The van der Waals surface area contributed by atoms with Crippen LogP contribution in [0.15, 0.2) is 42.9 Å². The van der Waals surface area contributed by atoms with Gasteiger partial charge in [0.2, 0.25) is 0 Å². The van der Waals surface area contributed by atoms with Crippen LogP contribution in [0, 0.1) is 0 Å². The van der Waals surface area contributed by atoms with E-state index in [1.807, 2.05) is 37.3 Å². The Hall–Kier alpha value is -2.43. The van der Waals surface area contributed by atoms with Gasteiger partial charge in [-0.05, 0) is 19.4 Å². The minimum atomic E-state index is -0.462. The van der Waals surface area contributed by atoms with Gasteiger partial charge in [-0.25, -0.2) is 9.78 Å². The molecule has 1 heterocycles. The van der Waals surface area contributed by atoms with E-state index in [4.69, 9.17) is 4.74 Å². The molecule has 0 bridgehead atoms. The molecule has 0 amide bonds. The van der Waals surface area contributed by atoms with E-state index in [9.17, 15) is 9.59 Å². The molecule has 21 heavy (non-hydrogen) atoms. The molecule has 0 spiro atoms. The van der Waals surface area contributed by atoms with Crippen LogP contribution in [-0.4, -0.2) is 27.9 Å². The summed E-state index contributed by atoms with van der Waals surface area (Å²) in [5, 5.41) is 0. The van der Waals surface area contributed by atoms with Gasteiger partial charge in [-0.3, -0.25) is 4.79 Å². The summed E-state index contributed by atoms with van der Waals surface area (Å²) in [4.78, 5) is 26.9. The van der Waals surface area contributed by atoms with E-state index in [2.05, 4.69) is 4.98 Å². The van der Waals surface area contributed by atoms with Gasteiger partial charge >= 0.3 is 5.97 Å². The summed E-state index contributed by atoms with van der Waals surface area (Å²) in [6.45, 7) is 3.55. The number of ether oxygens (including phenoxy) is 1. The Bertz CT molecular complexity index is 619. The van der Waals surface area contributed by atoms with Crippen molar-refractivity contribution in [2.24, 2.45) is 0 Å². The molecule has 0 aliphatic heterocycles. The number of hydrogen-bond donors (Lipinski definition) is 0. The van der Waals surface area contributed by atoms with Crippen molar-refractivity contribution in [3.05, 3.63) is 54.1 Å². The van der Waals surface area contributed by atoms with Crippen molar-refractivity contribution < 1.29 is 14.3 Å². The Morgan fingerprint density at radius 3 is 2.67 bits per heavy atom. The Morgan fingerprint density at radius 1 is 1.29 bits per heavy atom. The number of hydrogen-bond acceptors (Lipinski definition) is 4. The largest absolute Gasteiger partial charge is 0.461 e. The van der Waals surface area contributed by atoms with Crippen LogP contribution in [0.2, 0.25) is 0 Å². The topological polar surface area (TPSA) is 61.2 Å². The van der Waals surface area contributed by atoms with E-state index in [0.29, 0.717) is 5.69 Å². The summed E-state index contributed by atoms with van der Waals surface area (Å²) in [7, 11) is 0. The van der Waals surface area contributed by atoms with E-state index in [1.165, 1.54) is 13.1 Å². The number of imidazole rings is 1. The third kappa shape index (κ3) is 3.78. The van der Waals surface area contributed by atoms with Crippen LogP contribution in [0.25, 0.3) is 0 Å². The number of rotatable bonds is 6. The van der Waals surface area contributed by atoms with Crippen LogP contribution >= 0.6 is 0 Å². The molecule has 1 aromatic heterocycles. The molecule has 5 heteroatoms. The molecule has 0 N–H and O–H groups in total. The number of aromatic nitrogens is 2. The van der Waals surface area contributed by atoms with Crippen molar-refractivity contribution in [1.82, 2.24) is 9.55 Å². The van der Waals surface area contributed by atoms with Crippen LogP contribution < -0.4 is 0 Å². The number of ketones is 1. The highest BCUT2D eigenvalue weighted by Gasteiger charge is 2.18. The molecule has 0 aliphatic carbocycles. The van der Waals surface area contributed by atoms with Crippen molar-refractivity contribution in [3.8, 4) is 0 Å². The Morgan fingerprint density at radius 2 is 2.00 bits per heavy atom. The molecule has 0 unspecified atom stereocenters.